The zero-order valence-corrected chi connectivity index (χ0v) is 9.08. The van der Waals surface area contributed by atoms with Gasteiger partial charge in [0.05, 0.1) is 12.8 Å². The van der Waals surface area contributed by atoms with Crippen LogP contribution in [-0.2, 0) is 14.3 Å². The van der Waals surface area contributed by atoms with Gasteiger partial charge in [-0.1, -0.05) is 0 Å². The van der Waals surface area contributed by atoms with Crippen molar-refractivity contribution in [2.75, 3.05) is 6.61 Å². The Morgan fingerprint density at radius 2 is 2.29 bits per heavy atom. The van der Waals surface area contributed by atoms with Gasteiger partial charge in [0.1, 0.15) is 5.69 Å². The van der Waals surface area contributed by atoms with Gasteiger partial charge >= 0.3 is 11.9 Å². The standard InChI is InChI=1S/C9H12N4O4/c1-2-17-9(16)8(15)13-12-7(14)6-5-10-3-4-11-6/h3-5,7,12,14H,2H2,1H3,(H,13,15). The van der Waals surface area contributed by atoms with Crippen LogP contribution in [0.25, 0.3) is 0 Å². The largest absolute Gasteiger partial charge is 0.459 e. The Morgan fingerprint density at radius 3 is 2.88 bits per heavy atom. The van der Waals surface area contributed by atoms with E-state index in [4.69, 9.17) is 0 Å². The van der Waals surface area contributed by atoms with Crippen molar-refractivity contribution in [1.82, 2.24) is 20.8 Å². The third-order valence-corrected chi connectivity index (χ3v) is 1.65. The first-order valence-corrected chi connectivity index (χ1v) is 4.81. The lowest BCUT2D eigenvalue weighted by Crippen LogP contribution is -2.44. The van der Waals surface area contributed by atoms with Crippen molar-refractivity contribution in [2.45, 2.75) is 13.2 Å². The van der Waals surface area contributed by atoms with Crippen molar-refractivity contribution in [1.29, 1.82) is 0 Å². The van der Waals surface area contributed by atoms with Gasteiger partial charge in [-0.15, -0.1) is 0 Å². The first kappa shape index (κ1) is 13.0. The van der Waals surface area contributed by atoms with Crippen molar-refractivity contribution in [2.24, 2.45) is 0 Å². The van der Waals surface area contributed by atoms with Crippen LogP contribution in [0.3, 0.4) is 0 Å². The molecule has 1 atom stereocenters. The Kier molecular flexibility index (Phi) is 4.98. The summed E-state index contributed by atoms with van der Waals surface area (Å²) >= 11 is 0. The maximum atomic E-state index is 11.1. The van der Waals surface area contributed by atoms with Crippen molar-refractivity contribution in [3.05, 3.63) is 24.3 Å². The molecule has 0 aliphatic heterocycles. The molecule has 0 aliphatic rings. The van der Waals surface area contributed by atoms with E-state index in [2.05, 4.69) is 20.1 Å². The number of aromatic nitrogens is 2. The molecule has 0 aliphatic carbocycles. The number of amides is 1. The van der Waals surface area contributed by atoms with Crippen LogP contribution in [0.15, 0.2) is 18.6 Å². The Bertz CT molecular complexity index is 384. The molecule has 0 fully saturated rings. The maximum Gasteiger partial charge on any atom is 0.398 e. The van der Waals surface area contributed by atoms with E-state index >= 15 is 0 Å². The van der Waals surface area contributed by atoms with Crippen LogP contribution < -0.4 is 10.9 Å². The van der Waals surface area contributed by atoms with Gasteiger partial charge in [0.2, 0.25) is 0 Å². The first-order valence-electron chi connectivity index (χ1n) is 4.81. The summed E-state index contributed by atoms with van der Waals surface area (Å²) in [5, 5.41) is 9.50. The molecule has 0 spiro atoms. The molecule has 0 saturated heterocycles. The molecule has 3 N–H and O–H groups in total. The van der Waals surface area contributed by atoms with Crippen LogP contribution in [0.2, 0.25) is 0 Å². The highest BCUT2D eigenvalue weighted by Gasteiger charge is 2.16. The third kappa shape index (κ3) is 4.13. The number of hydrogen-bond acceptors (Lipinski definition) is 7. The average molecular weight is 240 g/mol. The number of nitrogens with zero attached hydrogens (tertiary/aromatic N) is 2. The first-order chi connectivity index (χ1) is 8.15. The second-order valence-electron chi connectivity index (χ2n) is 2.85. The molecule has 1 aromatic rings. The molecule has 0 radical (unpaired) electrons. The van der Waals surface area contributed by atoms with Crippen molar-refractivity contribution < 1.29 is 19.4 Å². The van der Waals surface area contributed by atoms with Gasteiger partial charge in [-0.3, -0.25) is 20.2 Å². The number of hydrazine groups is 1. The fourth-order valence-electron chi connectivity index (χ4n) is 0.907. The van der Waals surface area contributed by atoms with Crippen LogP contribution in [0.1, 0.15) is 18.8 Å². The molecule has 8 heteroatoms. The Hall–Kier alpha value is -2.06. The zero-order chi connectivity index (χ0) is 12.7. The number of esters is 1. The number of nitrogens with one attached hydrogen (secondary N) is 2. The minimum atomic E-state index is -1.26. The quantitative estimate of drug-likeness (QED) is 0.258. The number of aliphatic hydroxyl groups excluding tert-OH is 1. The molecular weight excluding hydrogens is 228 g/mol. The van der Waals surface area contributed by atoms with Crippen molar-refractivity contribution in [3.8, 4) is 0 Å². The van der Waals surface area contributed by atoms with Gasteiger partial charge in [0, 0.05) is 12.4 Å². The molecular formula is C9H12N4O4. The minimum Gasteiger partial charge on any atom is -0.459 e. The van der Waals surface area contributed by atoms with E-state index in [1.54, 1.807) is 6.92 Å². The number of rotatable bonds is 4. The second kappa shape index (κ2) is 6.51. The molecule has 0 aromatic carbocycles. The van der Waals surface area contributed by atoms with Crippen LogP contribution in [0, 0.1) is 0 Å². The number of carbonyl (C=O) groups excluding carboxylic acids is 2. The molecule has 0 bridgehead atoms. The van der Waals surface area contributed by atoms with E-state index in [0.717, 1.165) is 0 Å². The highest BCUT2D eigenvalue weighted by Crippen LogP contribution is 2.01. The summed E-state index contributed by atoms with van der Waals surface area (Å²) in [5.41, 5.74) is 4.38. The van der Waals surface area contributed by atoms with Gasteiger partial charge in [0.25, 0.3) is 0 Å². The topological polar surface area (TPSA) is 113 Å². The number of hydrogen-bond donors (Lipinski definition) is 3. The van der Waals surface area contributed by atoms with E-state index < -0.39 is 18.1 Å². The molecule has 1 rings (SSSR count). The lowest BCUT2D eigenvalue weighted by atomic mass is 10.4. The van der Waals surface area contributed by atoms with E-state index in [-0.39, 0.29) is 12.3 Å². The van der Waals surface area contributed by atoms with Gasteiger partial charge in [-0.25, -0.2) is 10.2 Å². The fourth-order valence-corrected chi connectivity index (χ4v) is 0.907. The van der Waals surface area contributed by atoms with Crippen LogP contribution in [0.5, 0.6) is 0 Å². The highest BCUT2D eigenvalue weighted by molar-refractivity contribution is 6.32. The van der Waals surface area contributed by atoms with E-state index in [0.29, 0.717) is 0 Å². The van der Waals surface area contributed by atoms with Crippen LogP contribution >= 0.6 is 0 Å². The molecule has 1 heterocycles. The van der Waals surface area contributed by atoms with Crippen molar-refractivity contribution in [3.63, 3.8) is 0 Å². The van der Waals surface area contributed by atoms with Gasteiger partial charge < -0.3 is 9.84 Å². The van der Waals surface area contributed by atoms with Crippen LogP contribution in [0.4, 0.5) is 0 Å². The normalized spacial score (nSPS) is 11.6. The lowest BCUT2D eigenvalue weighted by molar-refractivity contribution is -0.155. The monoisotopic (exact) mass is 240 g/mol. The van der Waals surface area contributed by atoms with Gasteiger partial charge in [-0.05, 0) is 6.92 Å². The number of ether oxygens (including phenoxy) is 1. The molecule has 0 saturated carbocycles. The summed E-state index contributed by atoms with van der Waals surface area (Å²) in [6, 6.07) is 0. The molecule has 1 aromatic heterocycles. The predicted molar refractivity (Wildman–Crippen MR) is 54.9 cm³/mol. The van der Waals surface area contributed by atoms with Gasteiger partial charge in [0.15, 0.2) is 6.23 Å². The molecule has 1 unspecified atom stereocenters. The lowest BCUT2D eigenvalue weighted by Gasteiger charge is -2.11. The predicted octanol–water partition coefficient (Wildman–Crippen LogP) is -1.35. The minimum absolute atomic E-state index is 0.0962. The molecule has 8 nitrogen and oxygen atoms in total. The summed E-state index contributed by atoms with van der Waals surface area (Å²) in [4.78, 5) is 29.5. The summed E-state index contributed by atoms with van der Waals surface area (Å²) in [7, 11) is 0. The highest BCUT2D eigenvalue weighted by atomic mass is 16.5. The Balaban J connectivity index is 2.41. The molecule has 1 amide bonds. The smallest absolute Gasteiger partial charge is 0.398 e. The summed E-state index contributed by atoms with van der Waals surface area (Å²) in [6.45, 7) is 1.67. The summed E-state index contributed by atoms with van der Waals surface area (Å²) < 4.78 is 4.44. The Morgan fingerprint density at radius 1 is 1.53 bits per heavy atom. The SMILES string of the molecule is CCOC(=O)C(=O)NNC(O)c1cnccn1. The summed E-state index contributed by atoms with van der Waals surface area (Å²) in [6.07, 6.45) is 2.87. The average Bonchev–Trinajstić information content (AvgIpc) is 2.36. The number of aliphatic hydroxyl groups is 1. The third-order valence-electron chi connectivity index (χ3n) is 1.65. The Labute approximate surface area is 97.0 Å². The van der Waals surface area contributed by atoms with E-state index in [1.807, 2.05) is 5.43 Å². The van der Waals surface area contributed by atoms with Crippen LogP contribution in [-0.4, -0.2) is 33.6 Å². The summed E-state index contributed by atoms with van der Waals surface area (Å²) in [5.74, 6) is -2.04. The van der Waals surface area contributed by atoms with E-state index in [1.165, 1.54) is 18.6 Å². The fraction of sp³-hybridized carbons (Fsp3) is 0.333. The molecule has 17 heavy (non-hydrogen) atoms. The van der Waals surface area contributed by atoms with Crippen molar-refractivity contribution >= 4 is 11.9 Å². The molecule has 92 valence electrons. The van der Waals surface area contributed by atoms with Gasteiger partial charge in [-0.2, -0.15) is 0 Å². The van der Waals surface area contributed by atoms with E-state index in [9.17, 15) is 14.7 Å². The number of carbonyl (C=O) groups is 2. The second-order valence-corrected chi connectivity index (χ2v) is 2.85. The maximum absolute atomic E-state index is 11.1. The zero-order valence-electron chi connectivity index (χ0n) is 9.08.